The van der Waals surface area contributed by atoms with E-state index < -0.39 is 0 Å². The Hall–Kier alpha value is -1.71. The van der Waals surface area contributed by atoms with Gasteiger partial charge in [-0.25, -0.2) is 0 Å². The van der Waals surface area contributed by atoms with E-state index in [1.165, 1.54) is 33.5 Å². The third kappa shape index (κ3) is 2.47. The maximum atomic E-state index is 5.94. The quantitative estimate of drug-likeness (QED) is 0.671. The SMILES string of the molecule is Cc1cc(C)c(C(NN)C2CCc3cccnc32)c(C)c1. The molecule has 110 valence electrons. The van der Waals surface area contributed by atoms with Gasteiger partial charge in [-0.15, -0.1) is 0 Å². The molecular weight excluding hydrogens is 258 g/mol. The summed E-state index contributed by atoms with van der Waals surface area (Å²) < 4.78 is 0. The second kappa shape index (κ2) is 5.58. The van der Waals surface area contributed by atoms with Crippen molar-refractivity contribution in [3.8, 4) is 0 Å². The third-order valence-corrected chi connectivity index (χ3v) is 4.63. The number of hydrogen-bond acceptors (Lipinski definition) is 3. The summed E-state index contributed by atoms with van der Waals surface area (Å²) in [6.45, 7) is 6.49. The lowest BCUT2D eigenvalue weighted by Crippen LogP contribution is -2.33. The zero-order valence-electron chi connectivity index (χ0n) is 13.0. The van der Waals surface area contributed by atoms with Gasteiger partial charge >= 0.3 is 0 Å². The number of nitrogens with one attached hydrogen (secondary N) is 1. The van der Waals surface area contributed by atoms with Crippen molar-refractivity contribution in [2.45, 2.75) is 45.6 Å². The Labute approximate surface area is 126 Å². The highest BCUT2D eigenvalue weighted by Gasteiger charge is 2.32. The van der Waals surface area contributed by atoms with Crippen molar-refractivity contribution in [1.82, 2.24) is 10.4 Å². The highest BCUT2D eigenvalue weighted by Crippen LogP contribution is 2.41. The number of pyridine rings is 1. The zero-order chi connectivity index (χ0) is 15.0. The van der Waals surface area contributed by atoms with Gasteiger partial charge in [0.2, 0.25) is 0 Å². The van der Waals surface area contributed by atoms with Crippen LogP contribution in [0.15, 0.2) is 30.5 Å². The fourth-order valence-electron chi connectivity index (χ4n) is 3.85. The molecule has 21 heavy (non-hydrogen) atoms. The molecule has 3 rings (SSSR count). The maximum absolute atomic E-state index is 5.94. The van der Waals surface area contributed by atoms with Gasteiger partial charge in [0, 0.05) is 17.8 Å². The van der Waals surface area contributed by atoms with E-state index >= 15 is 0 Å². The summed E-state index contributed by atoms with van der Waals surface area (Å²) in [5.41, 5.74) is 10.9. The van der Waals surface area contributed by atoms with Crippen molar-refractivity contribution >= 4 is 0 Å². The lowest BCUT2D eigenvalue weighted by Gasteiger charge is -2.27. The number of hydrazine groups is 1. The molecule has 0 bridgehead atoms. The minimum Gasteiger partial charge on any atom is -0.271 e. The summed E-state index contributed by atoms with van der Waals surface area (Å²) in [6, 6.07) is 8.81. The van der Waals surface area contributed by atoms with Crippen LogP contribution in [0.2, 0.25) is 0 Å². The number of rotatable bonds is 3. The van der Waals surface area contributed by atoms with Crippen LogP contribution in [-0.4, -0.2) is 4.98 Å². The van der Waals surface area contributed by atoms with E-state index in [-0.39, 0.29) is 6.04 Å². The van der Waals surface area contributed by atoms with Crippen molar-refractivity contribution in [3.63, 3.8) is 0 Å². The number of hydrogen-bond donors (Lipinski definition) is 2. The van der Waals surface area contributed by atoms with Gasteiger partial charge in [0.1, 0.15) is 0 Å². The summed E-state index contributed by atoms with van der Waals surface area (Å²) in [5, 5.41) is 0. The maximum Gasteiger partial charge on any atom is 0.0549 e. The Balaban J connectivity index is 2.05. The molecule has 0 amide bonds. The average Bonchev–Trinajstić information content (AvgIpc) is 2.86. The highest BCUT2D eigenvalue weighted by atomic mass is 15.2. The molecular formula is C18H23N3. The first-order valence-electron chi connectivity index (χ1n) is 7.59. The molecule has 3 nitrogen and oxygen atoms in total. The fraction of sp³-hybridized carbons (Fsp3) is 0.389. The van der Waals surface area contributed by atoms with E-state index in [1.807, 2.05) is 12.3 Å². The van der Waals surface area contributed by atoms with Gasteiger partial charge in [-0.05, 0) is 61.9 Å². The van der Waals surface area contributed by atoms with Crippen LogP contribution in [0.1, 0.15) is 51.9 Å². The van der Waals surface area contributed by atoms with E-state index in [4.69, 9.17) is 5.84 Å². The van der Waals surface area contributed by atoms with Crippen LogP contribution in [0.25, 0.3) is 0 Å². The van der Waals surface area contributed by atoms with Crippen LogP contribution >= 0.6 is 0 Å². The van der Waals surface area contributed by atoms with Gasteiger partial charge in [-0.3, -0.25) is 16.3 Å². The van der Waals surface area contributed by atoms with Crippen LogP contribution in [0.5, 0.6) is 0 Å². The fourth-order valence-corrected chi connectivity index (χ4v) is 3.85. The minimum atomic E-state index is 0.127. The molecule has 2 atom stereocenters. The van der Waals surface area contributed by atoms with E-state index in [1.54, 1.807) is 0 Å². The first-order chi connectivity index (χ1) is 10.1. The Bertz CT molecular complexity index is 640. The summed E-state index contributed by atoms with van der Waals surface area (Å²) in [7, 11) is 0. The second-order valence-corrected chi connectivity index (χ2v) is 6.15. The minimum absolute atomic E-state index is 0.127. The van der Waals surface area contributed by atoms with Crippen LogP contribution in [0, 0.1) is 20.8 Å². The summed E-state index contributed by atoms with van der Waals surface area (Å²) in [5.74, 6) is 6.29. The number of benzene rings is 1. The summed E-state index contributed by atoms with van der Waals surface area (Å²) in [4.78, 5) is 4.62. The summed E-state index contributed by atoms with van der Waals surface area (Å²) in [6.07, 6.45) is 4.09. The topological polar surface area (TPSA) is 50.9 Å². The van der Waals surface area contributed by atoms with Crippen LogP contribution in [-0.2, 0) is 6.42 Å². The molecule has 0 radical (unpaired) electrons. The largest absolute Gasteiger partial charge is 0.271 e. The van der Waals surface area contributed by atoms with E-state index in [0.717, 1.165) is 12.8 Å². The van der Waals surface area contributed by atoms with Crippen molar-refractivity contribution < 1.29 is 0 Å². The summed E-state index contributed by atoms with van der Waals surface area (Å²) >= 11 is 0. The number of aryl methyl sites for hydroxylation is 4. The Kier molecular flexibility index (Phi) is 3.79. The van der Waals surface area contributed by atoms with Crippen LogP contribution in [0.4, 0.5) is 0 Å². The molecule has 3 N–H and O–H groups in total. The zero-order valence-corrected chi connectivity index (χ0v) is 13.0. The van der Waals surface area contributed by atoms with Gasteiger partial charge < -0.3 is 0 Å². The molecule has 0 spiro atoms. The molecule has 1 aliphatic carbocycles. The van der Waals surface area contributed by atoms with E-state index in [0.29, 0.717) is 5.92 Å². The van der Waals surface area contributed by atoms with E-state index in [2.05, 4.69) is 49.4 Å². The number of nitrogens with zero attached hydrogens (tertiary/aromatic N) is 1. The second-order valence-electron chi connectivity index (χ2n) is 6.15. The van der Waals surface area contributed by atoms with Crippen LogP contribution < -0.4 is 11.3 Å². The molecule has 0 fully saturated rings. The molecule has 1 heterocycles. The van der Waals surface area contributed by atoms with Gasteiger partial charge in [0.15, 0.2) is 0 Å². The van der Waals surface area contributed by atoms with Crippen molar-refractivity contribution in [2.24, 2.45) is 5.84 Å². The first kappa shape index (κ1) is 14.2. The lowest BCUT2D eigenvalue weighted by atomic mass is 9.85. The average molecular weight is 281 g/mol. The monoisotopic (exact) mass is 281 g/mol. The predicted molar refractivity (Wildman–Crippen MR) is 86.0 cm³/mol. The number of aromatic nitrogens is 1. The highest BCUT2D eigenvalue weighted by molar-refractivity contribution is 5.42. The van der Waals surface area contributed by atoms with Crippen molar-refractivity contribution in [1.29, 1.82) is 0 Å². The molecule has 0 aliphatic heterocycles. The van der Waals surface area contributed by atoms with Gasteiger partial charge in [-0.1, -0.05) is 23.8 Å². The smallest absolute Gasteiger partial charge is 0.0549 e. The molecule has 1 aromatic heterocycles. The van der Waals surface area contributed by atoms with Gasteiger partial charge in [0.05, 0.1) is 6.04 Å². The molecule has 1 aromatic carbocycles. The lowest BCUT2D eigenvalue weighted by molar-refractivity contribution is 0.443. The third-order valence-electron chi connectivity index (χ3n) is 4.63. The molecule has 0 saturated heterocycles. The standard InChI is InChI=1S/C18H23N3/c1-11-9-12(2)16(13(3)10-11)18(21-19)15-7-6-14-5-4-8-20-17(14)15/h4-5,8-10,15,18,21H,6-7,19H2,1-3H3. The van der Waals surface area contributed by atoms with Crippen LogP contribution in [0.3, 0.4) is 0 Å². The van der Waals surface area contributed by atoms with Crippen molar-refractivity contribution in [2.75, 3.05) is 0 Å². The normalized spacial score (nSPS) is 18.6. The molecule has 3 heteroatoms. The molecule has 2 aromatic rings. The number of fused-ring (bicyclic) bond motifs is 1. The Morgan fingerprint density at radius 2 is 1.95 bits per heavy atom. The Morgan fingerprint density at radius 3 is 2.62 bits per heavy atom. The van der Waals surface area contributed by atoms with Gasteiger partial charge in [0.25, 0.3) is 0 Å². The molecule has 2 unspecified atom stereocenters. The Morgan fingerprint density at radius 1 is 1.24 bits per heavy atom. The first-order valence-corrected chi connectivity index (χ1v) is 7.59. The van der Waals surface area contributed by atoms with E-state index in [9.17, 15) is 0 Å². The van der Waals surface area contributed by atoms with Gasteiger partial charge in [-0.2, -0.15) is 0 Å². The predicted octanol–water partition coefficient (Wildman–Crippen LogP) is 3.24. The molecule has 1 aliphatic rings. The number of nitrogens with two attached hydrogens (primary N) is 1. The molecule has 0 saturated carbocycles. The van der Waals surface area contributed by atoms with Crippen molar-refractivity contribution in [3.05, 3.63) is 64.0 Å².